The summed E-state index contributed by atoms with van der Waals surface area (Å²) in [6.07, 6.45) is 11.7. The number of carbonyl (C=O) groups is 4. The number of hydrogen-bond acceptors (Lipinski definition) is 19. The molecule has 0 aliphatic carbocycles. The number of hydrogen-bond donors (Lipinski definition) is 5. The Morgan fingerprint density at radius 3 is 1.40 bits per heavy atom. The first-order chi connectivity index (χ1) is 49.8. The molecule has 0 saturated heterocycles. The van der Waals surface area contributed by atoms with E-state index in [1.165, 1.54) is 34.9 Å². The lowest BCUT2D eigenvalue weighted by Crippen LogP contribution is -2.40. The smallest absolute Gasteiger partial charge is 0.410 e. The molecule has 552 valence electrons. The number of anilines is 2. The lowest BCUT2D eigenvalue weighted by atomic mass is 10.0. The van der Waals surface area contributed by atoms with E-state index >= 15 is 0 Å². The van der Waals surface area contributed by atoms with Crippen LogP contribution in [0.15, 0.2) is 79.4 Å². The van der Waals surface area contributed by atoms with Gasteiger partial charge in [0.1, 0.15) is 38.5 Å². The number of nitrogens with one attached hydrogen (secondary N) is 5. The van der Waals surface area contributed by atoms with Crippen LogP contribution >= 0.6 is 93.6 Å². The molecule has 0 saturated carbocycles. The van der Waals surface area contributed by atoms with Gasteiger partial charge >= 0.3 is 6.09 Å². The monoisotopic (exact) mass is 1590 g/mol. The van der Waals surface area contributed by atoms with Crippen molar-refractivity contribution in [1.82, 2.24) is 89.7 Å². The summed E-state index contributed by atoms with van der Waals surface area (Å²) in [6.45, 7) is 17.5. The zero-order chi connectivity index (χ0) is 73.9. The molecule has 10 aromatic rings. The van der Waals surface area contributed by atoms with E-state index in [1.54, 1.807) is 39.6 Å². The highest BCUT2D eigenvalue weighted by molar-refractivity contribution is 6.33. The summed E-state index contributed by atoms with van der Waals surface area (Å²) in [7, 11) is 0. The van der Waals surface area contributed by atoms with Crippen molar-refractivity contribution in [2.45, 2.75) is 125 Å². The first kappa shape index (κ1) is 79.1. The predicted octanol–water partition coefficient (Wildman–Crippen LogP) is 13.5. The van der Waals surface area contributed by atoms with Gasteiger partial charge in [-0.25, -0.2) is 59.0 Å². The minimum atomic E-state index is -0.516. The Labute approximate surface area is 646 Å². The number of rotatable bonds is 9. The number of pyridine rings is 1. The molecule has 15 rings (SSSR count). The molecule has 34 heteroatoms. The summed E-state index contributed by atoms with van der Waals surface area (Å²) in [4.78, 5) is 106. The maximum Gasteiger partial charge on any atom is 0.410 e. The third-order valence-corrected chi connectivity index (χ3v) is 19.2. The molecule has 8 aromatic heterocycles. The number of amides is 4. The number of carbonyl (C=O) groups excluding carboxylic acids is 4. The van der Waals surface area contributed by atoms with Crippen molar-refractivity contribution in [3.63, 3.8) is 0 Å². The number of para-hydroxylation sites is 2. The maximum absolute atomic E-state index is 13.8. The van der Waals surface area contributed by atoms with Crippen molar-refractivity contribution in [2.24, 2.45) is 0 Å². The zero-order valence-corrected chi connectivity index (χ0v) is 64.2. The SMILES string of the molecule is CC(=O)N1CCc2c(Cl)nc(Cl)nc2C1.CC(=O)N1CCc2c(nc(-c3cncc(F)c3)nc2NCCc2c[nH]c3ccccc23)C1.CC(=O)N1CCc2c(nc(Cl)nc2NCCc2c[nH]c3ccccc23)C1.CC(C)(C)OC(=O)N1CCc2c(Cl)nc(Cl)nc2C1.Cl.Clc1nc(Cl)c2c(n1)CNCC2. The van der Waals surface area contributed by atoms with Crippen LogP contribution in [-0.4, -0.2) is 160 Å². The van der Waals surface area contributed by atoms with Crippen molar-refractivity contribution in [3.8, 4) is 11.4 Å². The molecule has 25 nitrogen and oxygen atoms in total. The van der Waals surface area contributed by atoms with Crippen LogP contribution in [0, 0.1) is 5.82 Å². The minimum Gasteiger partial charge on any atom is -0.444 e. The third kappa shape index (κ3) is 20.6. The fourth-order valence-electron chi connectivity index (χ4n) is 12.4. The molecule has 0 radical (unpaired) electrons. The molecule has 0 spiro atoms. The van der Waals surface area contributed by atoms with Crippen LogP contribution < -0.4 is 16.0 Å². The number of H-pyrrole nitrogens is 2. The molecule has 2 aromatic carbocycles. The Kier molecular flexibility index (Phi) is 27.0. The molecule has 0 fully saturated rings. The summed E-state index contributed by atoms with van der Waals surface area (Å²) < 4.78 is 19.1. The largest absolute Gasteiger partial charge is 0.444 e. The van der Waals surface area contributed by atoms with Gasteiger partial charge in [0.15, 0.2) is 5.82 Å². The standard InChI is InChI=1S/C24H23FN6O.C19H20ClN5O.C12H15Cl2N3O2.C9H9Cl2N3O.C7H7Cl2N3.ClH/c1-15(32)31-9-7-20-22(14-31)29-23(17-10-18(25)13-26-11-17)30-24(20)27-8-6-16-12-28-21-5-3-2-4-19(16)21;1-12(26)25-9-7-15-17(11-25)23-19(20)24-18(15)21-8-6-13-10-22-16-5-3-2-4-14(13)16;1-12(2,3)19-11(18)17-5-4-7-8(6-17)15-10(14)16-9(7)13;1-5(15)14-3-2-6-7(4-14)12-9(11)13-8(6)10;8-6-4-1-2-10-3-5(4)11-7(9)12-6;/h2-5,10-13,28H,6-9,14H2,1H3,(H,27,29,30);2-5,10,22H,6-9,11H2,1H3,(H,21,23,24);4-6H2,1-3H3;2-4H2,1H3;10H,1-3H2;1H. The fraction of sp³-hybridized carbons (Fsp3) is 0.366. The number of nitrogens with zero attached hydrogens (tertiary/aromatic N) is 15. The van der Waals surface area contributed by atoms with Crippen LogP contribution in [-0.2, 0) is 96.8 Å². The molecule has 105 heavy (non-hydrogen) atoms. The average molecular weight is 1590 g/mol. The van der Waals surface area contributed by atoms with Gasteiger partial charge in [-0.1, -0.05) is 71.2 Å². The summed E-state index contributed by atoms with van der Waals surface area (Å²) in [5.41, 5.74) is 13.6. The quantitative estimate of drug-likeness (QED) is 0.0662. The molecular weight excluding hydrogens is 1520 g/mol. The maximum atomic E-state index is 13.8. The highest BCUT2D eigenvalue weighted by Gasteiger charge is 2.30. The van der Waals surface area contributed by atoms with E-state index in [0.717, 1.165) is 125 Å². The molecule has 5 aliphatic rings. The van der Waals surface area contributed by atoms with Crippen LogP contribution in [0.5, 0.6) is 0 Å². The van der Waals surface area contributed by atoms with E-state index in [2.05, 4.69) is 112 Å². The summed E-state index contributed by atoms with van der Waals surface area (Å²) in [6, 6.07) is 17.9. The highest BCUT2D eigenvalue weighted by atomic mass is 35.5. The molecule has 4 amide bonds. The molecule has 0 unspecified atom stereocenters. The summed E-state index contributed by atoms with van der Waals surface area (Å²) in [5, 5.41) is 14.4. The summed E-state index contributed by atoms with van der Waals surface area (Å²) in [5.74, 6) is 1.57. The van der Waals surface area contributed by atoms with Crippen LogP contribution in [0.25, 0.3) is 33.2 Å². The van der Waals surface area contributed by atoms with Crippen LogP contribution in [0.1, 0.15) is 109 Å². The van der Waals surface area contributed by atoms with Crippen LogP contribution in [0.3, 0.4) is 0 Å². The zero-order valence-electron chi connectivity index (χ0n) is 58.1. The second kappa shape index (κ2) is 35.8. The van der Waals surface area contributed by atoms with Gasteiger partial charge < -0.3 is 50.3 Å². The van der Waals surface area contributed by atoms with Crippen molar-refractivity contribution in [3.05, 3.63) is 189 Å². The van der Waals surface area contributed by atoms with Gasteiger partial charge in [-0.2, -0.15) is 0 Å². The van der Waals surface area contributed by atoms with Crippen molar-refractivity contribution in [2.75, 3.05) is 56.4 Å². The topological polar surface area (TPSA) is 300 Å². The number of ether oxygens (including phenoxy) is 1. The lowest BCUT2D eigenvalue weighted by molar-refractivity contribution is -0.130. The minimum absolute atomic E-state index is 0. The van der Waals surface area contributed by atoms with Gasteiger partial charge in [-0.3, -0.25) is 19.4 Å². The van der Waals surface area contributed by atoms with Crippen LogP contribution in [0.4, 0.5) is 20.8 Å². The first-order valence-electron chi connectivity index (χ1n) is 33.5. The van der Waals surface area contributed by atoms with Gasteiger partial charge in [-0.05, 0) is 148 Å². The van der Waals surface area contributed by atoms with Crippen molar-refractivity contribution >= 4 is 151 Å². The molecule has 5 aliphatic heterocycles. The lowest BCUT2D eigenvalue weighted by Gasteiger charge is -2.30. The second-order valence-electron chi connectivity index (χ2n) is 25.8. The normalized spacial score (nSPS) is 14.1. The Morgan fingerprint density at radius 2 is 0.924 bits per heavy atom. The fourth-order valence-corrected chi connectivity index (χ4v) is 14.1. The Hall–Kier alpha value is -8.44. The van der Waals surface area contributed by atoms with E-state index in [0.29, 0.717) is 111 Å². The average Bonchev–Trinajstić information content (AvgIpc) is 1.51. The van der Waals surface area contributed by atoms with Gasteiger partial charge in [-0.15, -0.1) is 12.4 Å². The molecule has 5 N–H and O–H groups in total. The first-order valence-corrected chi connectivity index (χ1v) is 36.2. The van der Waals surface area contributed by atoms with E-state index < -0.39 is 11.4 Å². The van der Waals surface area contributed by atoms with Gasteiger partial charge in [0, 0.05) is 140 Å². The number of fused-ring (bicyclic) bond motifs is 7. The second-order valence-corrected chi connectivity index (χ2v) is 28.3. The number of aromatic amines is 2. The van der Waals surface area contributed by atoms with Crippen LogP contribution in [0.2, 0.25) is 36.6 Å². The highest BCUT2D eigenvalue weighted by Crippen LogP contribution is 2.32. The molecule has 0 bridgehead atoms. The molecular formula is C71H75Cl8FN20O5. The number of aromatic nitrogens is 13. The van der Waals surface area contributed by atoms with Gasteiger partial charge in [0.2, 0.25) is 38.9 Å². The Morgan fingerprint density at radius 1 is 0.514 bits per heavy atom. The van der Waals surface area contributed by atoms with Crippen molar-refractivity contribution < 1.29 is 28.3 Å². The predicted molar refractivity (Wildman–Crippen MR) is 407 cm³/mol. The number of benzene rings is 2. The summed E-state index contributed by atoms with van der Waals surface area (Å²) >= 11 is 41.0. The molecule has 13 heterocycles. The van der Waals surface area contributed by atoms with Crippen molar-refractivity contribution in [1.29, 1.82) is 0 Å². The molecule has 0 atom stereocenters. The number of halogens is 9. The third-order valence-electron chi connectivity index (χ3n) is 17.6. The van der Waals surface area contributed by atoms with Gasteiger partial charge in [0.25, 0.3) is 0 Å². The van der Waals surface area contributed by atoms with E-state index in [4.69, 9.17) is 90.9 Å². The van der Waals surface area contributed by atoms with E-state index in [9.17, 15) is 23.6 Å². The Bertz CT molecular complexity index is 4830. The van der Waals surface area contributed by atoms with Gasteiger partial charge in [0.05, 0.1) is 60.8 Å². The van der Waals surface area contributed by atoms with E-state index in [-0.39, 0.29) is 57.4 Å². The Balaban J connectivity index is 0.000000146. The van der Waals surface area contributed by atoms with E-state index in [1.807, 2.05) is 45.2 Å².